The topological polar surface area (TPSA) is 3.24 Å². The Morgan fingerprint density at radius 2 is 1.94 bits per heavy atom. The highest BCUT2D eigenvalue weighted by Gasteiger charge is 2.21. The molecule has 0 bridgehead atoms. The van der Waals surface area contributed by atoms with E-state index in [2.05, 4.69) is 36.9 Å². The van der Waals surface area contributed by atoms with Crippen LogP contribution in [0.25, 0.3) is 0 Å². The number of aryl methyl sites for hydroxylation is 2. The Kier molecular flexibility index (Phi) is 3.88. The molecule has 0 N–H and O–H groups in total. The lowest BCUT2D eigenvalue weighted by atomic mass is 10.1. The molecule has 88 valence electrons. The third-order valence-corrected chi connectivity index (χ3v) is 3.71. The van der Waals surface area contributed by atoms with Crippen molar-refractivity contribution in [2.75, 3.05) is 19.0 Å². The predicted molar refractivity (Wildman–Crippen MR) is 70.0 cm³/mol. The quantitative estimate of drug-likeness (QED) is 0.729. The Bertz CT molecular complexity index is 342. The Morgan fingerprint density at radius 3 is 2.50 bits per heavy atom. The van der Waals surface area contributed by atoms with Gasteiger partial charge in [-0.2, -0.15) is 0 Å². The smallest absolute Gasteiger partial charge is 0.0264 e. The molecule has 1 aromatic rings. The molecule has 1 aromatic carbocycles. The van der Waals surface area contributed by atoms with Crippen LogP contribution in [0.15, 0.2) is 18.2 Å². The number of rotatable bonds is 3. The molecule has 1 aliphatic heterocycles. The zero-order valence-corrected chi connectivity index (χ0v) is 10.9. The van der Waals surface area contributed by atoms with Crippen LogP contribution in [0.3, 0.4) is 0 Å². The summed E-state index contributed by atoms with van der Waals surface area (Å²) in [6.45, 7) is 7.78. The Morgan fingerprint density at radius 1 is 1.25 bits per heavy atom. The van der Waals surface area contributed by atoms with Gasteiger partial charge in [-0.1, -0.05) is 29.3 Å². The van der Waals surface area contributed by atoms with Crippen LogP contribution in [0, 0.1) is 19.8 Å². The van der Waals surface area contributed by atoms with E-state index in [9.17, 15) is 0 Å². The molecule has 0 aromatic heterocycles. The van der Waals surface area contributed by atoms with Crippen LogP contribution in [-0.4, -0.2) is 23.9 Å². The summed E-state index contributed by atoms with van der Waals surface area (Å²) in [6, 6.07) is 6.82. The van der Waals surface area contributed by atoms with Crippen molar-refractivity contribution in [2.24, 2.45) is 5.92 Å². The lowest BCUT2D eigenvalue weighted by Crippen LogP contribution is -2.20. The van der Waals surface area contributed by atoms with E-state index in [-0.39, 0.29) is 0 Å². The largest absolute Gasteiger partial charge is 0.299 e. The maximum absolute atomic E-state index is 5.90. The Labute approximate surface area is 103 Å². The second-order valence-corrected chi connectivity index (χ2v) is 5.35. The normalized spacial score (nSPS) is 21.6. The summed E-state index contributed by atoms with van der Waals surface area (Å²) in [5.41, 5.74) is 4.17. The van der Waals surface area contributed by atoms with Crippen LogP contribution in [-0.2, 0) is 6.54 Å². The zero-order chi connectivity index (χ0) is 11.5. The first kappa shape index (κ1) is 11.9. The van der Waals surface area contributed by atoms with E-state index in [0.717, 1.165) is 19.0 Å². The number of likely N-dealkylation sites (tertiary alicyclic amines) is 1. The third kappa shape index (κ3) is 2.99. The first-order chi connectivity index (χ1) is 7.67. The standard InChI is InChI=1S/C14H20ClN/c1-11-5-12(2)7-14(6-11)10-16-4-3-13(8-15)9-16/h5-7,13H,3-4,8-10H2,1-2H3. The summed E-state index contributed by atoms with van der Waals surface area (Å²) < 4.78 is 0. The molecule has 0 aliphatic carbocycles. The number of alkyl halides is 1. The molecule has 1 unspecified atom stereocenters. The van der Waals surface area contributed by atoms with Crippen molar-refractivity contribution in [3.8, 4) is 0 Å². The van der Waals surface area contributed by atoms with Crippen LogP contribution in [0.2, 0.25) is 0 Å². The highest BCUT2D eigenvalue weighted by molar-refractivity contribution is 6.18. The molecule has 2 rings (SSSR count). The molecular weight excluding hydrogens is 218 g/mol. The molecule has 1 aliphatic rings. The molecule has 1 atom stereocenters. The minimum absolute atomic E-state index is 0.701. The Balaban J connectivity index is 1.99. The van der Waals surface area contributed by atoms with E-state index >= 15 is 0 Å². The van der Waals surface area contributed by atoms with Crippen LogP contribution in [0.4, 0.5) is 0 Å². The Hall–Kier alpha value is -0.530. The summed E-state index contributed by atoms with van der Waals surface area (Å²) in [7, 11) is 0. The number of hydrogen-bond acceptors (Lipinski definition) is 1. The molecule has 0 amide bonds. The van der Waals surface area contributed by atoms with Crippen molar-refractivity contribution in [2.45, 2.75) is 26.8 Å². The van der Waals surface area contributed by atoms with Crippen molar-refractivity contribution < 1.29 is 0 Å². The highest BCUT2D eigenvalue weighted by Crippen LogP contribution is 2.20. The van der Waals surface area contributed by atoms with Gasteiger partial charge in [0.25, 0.3) is 0 Å². The van der Waals surface area contributed by atoms with Gasteiger partial charge in [0.1, 0.15) is 0 Å². The lowest BCUT2D eigenvalue weighted by molar-refractivity contribution is 0.321. The van der Waals surface area contributed by atoms with Crippen molar-refractivity contribution >= 4 is 11.6 Å². The van der Waals surface area contributed by atoms with Crippen LogP contribution < -0.4 is 0 Å². The predicted octanol–water partition coefficient (Wildman–Crippen LogP) is 3.36. The fraction of sp³-hybridized carbons (Fsp3) is 0.571. The van der Waals surface area contributed by atoms with E-state index in [0.29, 0.717) is 5.92 Å². The molecule has 0 radical (unpaired) electrons. The van der Waals surface area contributed by atoms with Gasteiger partial charge in [0.15, 0.2) is 0 Å². The van der Waals surface area contributed by atoms with Crippen LogP contribution in [0.5, 0.6) is 0 Å². The molecule has 0 spiro atoms. The summed E-state index contributed by atoms with van der Waals surface area (Å²) in [4.78, 5) is 2.52. The van der Waals surface area contributed by atoms with Gasteiger partial charge in [-0.15, -0.1) is 11.6 Å². The summed E-state index contributed by atoms with van der Waals surface area (Å²) in [6.07, 6.45) is 1.26. The van der Waals surface area contributed by atoms with Crippen LogP contribution in [0.1, 0.15) is 23.1 Å². The molecule has 1 nitrogen and oxygen atoms in total. The summed E-state index contributed by atoms with van der Waals surface area (Å²) >= 11 is 5.90. The van der Waals surface area contributed by atoms with E-state index in [1.807, 2.05) is 0 Å². The lowest BCUT2D eigenvalue weighted by Gasteiger charge is -2.16. The molecule has 0 saturated carbocycles. The van der Waals surface area contributed by atoms with E-state index < -0.39 is 0 Å². The molecule has 1 heterocycles. The average Bonchev–Trinajstić information content (AvgIpc) is 2.64. The molecule has 1 saturated heterocycles. The summed E-state index contributed by atoms with van der Waals surface area (Å²) in [5, 5.41) is 0. The number of hydrogen-bond donors (Lipinski definition) is 0. The molecule has 2 heteroatoms. The van der Waals surface area contributed by atoms with Crippen molar-refractivity contribution in [1.29, 1.82) is 0 Å². The number of benzene rings is 1. The van der Waals surface area contributed by atoms with Gasteiger partial charge in [-0.05, 0) is 38.3 Å². The first-order valence-electron chi connectivity index (χ1n) is 6.03. The third-order valence-electron chi connectivity index (χ3n) is 3.28. The molecule has 1 fully saturated rings. The maximum atomic E-state index is 5.90. The van der Waals surface area contributed by atoms with E-state index in [1.165, 1.54) is 29.7 Å². The van der Waals surface area contributed by atoms with Gasteiger partial charge in [0.2, 0.25) is 0 Å². The fourth-order valence-corrected chi connectivity index (χ4v) is 2.85. The molecular formula is C14H20ClN. The SMILES string of the molecule is Cc1cc(C)cc(CN2CCC(CCl)C2)c1. The number of halogens is 1. The van der Waals surface area contributed by atoms with Gasteiger partial charge in [0, 0.05) is 19.0 Å². The second-order valence-electron chi connectivity index (χ2n) is 5.04. The summed E-state index contributed by atoms with van der Waals surface area (Å²) in [5.74, 6) is 1.51. The first-order valence-corrected chi connectivity index (χ1v) is 6.56. The minimum atomic E-state index is 0.701. The minimum Gasteiger partial charge on any atom is -0.299 e. The van der Waals surface area contributed by atoms with Crippen molar-refractivity contribution in [3.63, 3.8) is 0 Å². The maximum Gasteiger partial charge on any atom is 0.0264 e. The van der Waals surface area contributed by atoms with Crippen molar-refractivity contribution in [3.05, 3.63) is 34.9 Å². The van der Waals surface area contributed by atoms with Gasteiger partial charge in [0.05, 0.1) is 0 Å². The van der Waals surface area contributed by atoms with Gasteiger partial charge in [-0.25, -0.2) is 0 Å². The van der Waals surface area contributed by atoms with Crippen molar-refractivity contribution in [1.82, 2.24) is 4.90 Å². The monoisotopic (exact) mass is 237 g/mol. The second kappa shape index (κ2) is 5.20. The van der Waals surface area contributed by atoms with Crippen LogP contribution >= 0.6 is 11.6 Å². The highest BCUT2D eigenvalue weighted by atomic mass is 35.5. The molecule has 16 heavy (non-hydrogen) atoms. The zero-order valence-electron chi connectivity index (χ0n) is 10.2. The number of nitrogens with zero attached hydrogens (tertiary/aromatic N) is 1. The average molecular weight is 238 g/mol. The van der Waals surface area contributed by atoms with E-state index in [1.54, 1.807) is 0 Å². The van der Waals surface area contributed by atoms with Gasteiger partial charge >= 0.3 is 0 Å². The van der Waals surface area contributed by atoms with Gasteiger partial charge in [-0.3, -0.25) is 4.90 Å². The van der Waals surface area contributed by atoms with Gasteiger partial charge < -0.3 is 0 Å². The fourth-order valence-electron chi connectivity index (χ4n) is 2.60. The van der Waals surface area contributed by atoms with E-state index in [4.69, 9.17) is 11.6 Å².